The van der Waals surface area contributed by atoms with Crippen LogP contribution in [-0.4, -0.2) is 46.8 Å². The molecule has 1 aliphatic carbocycles. The van der Waals surface area contributed by atoms with Crippen LogP contribution < -0.4 is 5.32 Å². The first-order valence-electron chi connectivity index (χ1n) is 10.3. The van der Waals surface area contributed by atoms with Crippen molar-refractivity contribution in [2.75, 3.05) is 13.6 Å². The van der Waals surface area contributed by atoms with Crippen LogP contribution in [0.25, 0.3) is 10.8 Å². The number of amides is 4. The summed E-state index contributed by atoms with van der Waals surface area (Å²) in [6, 6.07) is 13.4. The van der Waals surface area contributed by atoms with E-state index in [-0.39, 0.29) is 30.4 Å². The molecule has 6 nitrogen and oxygen atoms in total. The Hall–Kier alpha value is -2.89. The monoisotopic (exact) mass is 393 g/mol. The van der Waals surface area contributed by atoms with Gasteiger partial charge < -0.3 is 10.2 Å². The van der Waals surface area contributed by atoms with Gasteiger partial charge in [-0.25, -0.2) is 4.79 Å². The van der Waals surface area contributed by atoms with Gasteiger partial charge in [0.1, 0.15) is 12.1 Å². The van der Waals surface area contributed by atoms with Gasteiger partial charge in [-0.3, -0.25) is 14.5 Å². The van der Waals surface area contributed by atoms with Crippen LogP contribution in [0.3, 0.4) is 0 Å². The minimum absolute atomic E-state index is 0.224. The molecule has 1 spiro atoms. The second-order valence-corrected chi connectivity index (χ2v) is 8.18. The molecule has 2 fully saturated rings. The molecule has 1 atom stereocenters. The molecule has 0 aromatic heterocycles. The minimum Gasteiger partial charge on any atom is -0.348 e. The highest BCUT2D eigenvalue weighted by molar-refractivity contribution is 6.09. The number of nitrogens with zero attached hydrogens (tertiary/aromatic N) is 2. The number of nitrogens with one attached hydrogen (secondary N) is 1. The summed E-state index contributed by atoms with van der Waals surface area (Å²) in [5, 5.41) is 5.15. The Kier molecular flexibility index (Phi) is 5.03. The summed E-state index contributed by atoms with van der Waals surface area (Å²) in [7, 11) is 1.68. The van der Waals surface area contributed by atoms with Crippen molar-refractivity contribution in [3.05, 3.63) is 48.0 Å². The van der Waals surface area contributed by atoms with Gasteiger partial charge in [0, 0.05) is 7.05 Å². The largest absolute Gasteiger partial charge is 0.348 e. The first kappa shape index (κ1) is 19.4. The van der Waals surface area contributed by atoms with E-state index >= 15 is 0 Å². The van der Waals surface area contributed by atoms with Crippen LogP contribution in [-0.2, 0) is 9.59 Å². The number of rotatable bonds is 4. The molecule has 29 heavy (non-hydrogen) atoms. The molecule has 4 rings (SSSR count). The summed E-state index contributed by atoms with van der Waals surface area (Å²) in [6.45, 7) is 1.68. The van der Waals surface area contributed by atoms with Gasteiger partial charge in [0.15, 0.2) is 0 Å². The number of likely N-dealkylation sites (N-methyl/N-ethyl adjacent to an activating group) is 1. The molecule has 1 unspecified atom stereocenters. The van der Waals surface area contributed by atoms with Gasteiger partial charge in [0.2, 0.25) is 5.91 Å². The molecular weight excluding hydrogens is 366 g/mol. The van der Waals surface area contributed by atoms with E-state index in [1.165, 1.54) is 0 Å². The molecule has 1 heterocycles. The smallest absolute Gasteiger partial charge is 0.327 e. The minimum atomic E-state index is -0.753. The predicted molar refractivity (Wildman–Crippen MR) is 111 cm³/mol. The van der Waals surface area contributed by atoms with E-state index in [2.05, 4.69) is 5.32 Å². The first-order chi connectivity index (χ1) is 13.9. The van der Waals surface area contributed by atoms with Gasteiger partial charge in [-0.05, 0) is 36.1 Å². The average Bonchev–Trinajstić information content (AvgIpc) is 2.90. The van der Waals surface area contributed by atoms with E-state index in [1.54, 1.807) is 11.9 Å². The molecule has 1 N–H and O–H groups in total. The molecule has 2 aromatic rings. The van der Waals surface area contributed by atoms with Crippen LogP contribution in [0.5, 0.6) is 0 Å². The molecule has 4 amide bonds. The quantitative estimate of drug-likeness (QED) is 0.807. The molecule has 1 saturated heterocycles. The number of carbonyl (C=O) groups excluding carboxylic acids is 3. The molecule has 0 bridgehead atoms. The summed E-state index contributed by atoms with van der Waals surface area (Å²) < 4.78 is 0. The van der Waals surface area contributed by atoms with E-state index in [9.17, 15) is 14.4 Å². The Bertz CT molecular complexity index is 959. The lowest BCUT2D eigenvalue weighted by atomic mass is 9.81. The van der Waals surface area contributed by atoms with Crippen molar-refractivity contribution in [1.82, 2.24) is 15.1 Å². The van der Waals surface area contributed by atoms with Crippen molar-refractivity contribution >= 4 is 28.6 Å². The van der Waals surface area contributed by atoms with Gasteiger partial charge in [0.05, 0.1) is 6.04 Å². The third kappa shape index (κ3) is 3.26. The normalized spacial score (nSPS) is 19.8. The maximum absolute atomic E-state index is 13.1. The summed E-state index contributed by atoms with van der Waals surface area (Å²) in [5.74, 6) is -0.550. The van der Waals surface area contributed by atoms with Crippen LogP contribution >= 0.6 is 0 Å². The predicted octanol–water partition coefficient (Wildman–Crippen LogP) is 3.61. The number of hydrogen-bond donors (Lipinski definition) is 1. The highest BCUT2D eigenvalue weighted by Gasteiger charge is 2.55. The molecule has 0 radical (unpaired) electrons. The van der Waals surface area contributed by atoms with Crippen LogP contribution in [0.1, 0.15) is 50.6 Å². The van der Waals surface area contributed by atoms with E-state index in [0.717, 1.165) is 40.5 Å². The first-order valence-corrected chi connectivity index (χ1v) is 10.3. The van der Waals surface area contributed by atoms with Crippen molar-refractivity contribution in [3.8, 4) is 0 Å². The van der Waals surface area contributed by atoms with Gasteiger partial charge >= 0.3 is 6.03 Å². The Morgan fingerprint density at radius 2 is 1.76 bits per heavy atom. The van der Waals surface area contributed by atoms with E-state index < -0.39 is 5.54 Å². The maximum atomic E-state index is 13.1. The molecular formula is C23H27N3O3. The van der Waals surface area contributed by atoms with E-state index in [0.29, 0.717) is 12.8 Å². The summed E-state index contributed by atoms with van der Waals surface area (Å²) in [5.41, 5.74) is 0.257. The topological polar surface area (TPSA) is 69.7 Å². The van der Waals surface area contributed by atoms with Gasteiger partial charge in [0.25, 0.3) is 5.91 Å². The summed E-state index contributed by atoms with van der Waals surface area (Å²) in [6.07, 6.45) is 4.31. The van der Waals surface area contributed by atoms with Crippen LogP contribution in [0.2, 0.25) is 0 Å². The van der Waals surface area contributed by atoms with Crippen LogP contribution in [0.15, 0.2) is 42.5 Å². The maximum Gasteiger partial charge on any atom is 0.327 e. The Labute approximate surface area is 170 Å². The molecule has 2 aliphatic rings. The molecule has 1 saturated carbocycles. The Morgan fingerprint density at radius 3 is 2.52 bits per heavy atom. The molecule has 1 aliphatic heterocycles. The second-order valence-electron chi connectivity index (χ2n) is 8.18. The van der Waals surface area contributed by atoms with Gasteiger partial charge in [-0.1, -0.05) is 61.7 Å². The number of hydrogen-bond acceptors (Lipinski definition) is 3. The zero-order valence-electron chi connectivity index (χ0n) is 17.0. The van der Waals surface area contributed by atoms with Gasteiger partial charge in [-0.2, -0.15) is 0 Å². The van der Waals surface area contributed by atoms with E-state index in [1.807, 2.05) is 49.4 Å². The lowest BCUT2D eigenvalue weighted by molar-refractivity contribution is -0.137. The molecule has 2 aromatic carbocycles. The highest BCUT2D eigenvalue weighted by Crippen LogP contribution is 2.39. The van der Waals surface area contributed by atoms with Crippen LogP contribution in [0, 0.1) is 0 Å². The van der Waals surface area contributed by atoms with Crippen molar-refractivity contribution in [3.63, 3.8) is 0 Å². The van der Waals surface area contributed by atoms with Crippen molar-refractivity contribution in [1.29, 1.82) is 0 Å². The zero-order chi connectivity index (χ0) is 20.6. The van der Waals surface area contributed by atoms with Crippen molar-refractivity contribution < 1.29 is 14.4 Å². The number of carbonyl (C=O) groups is 3. The Balaban J connectivity index is 1.48. The fourth-order valence-corrected chi connectivity index (χ4v) is 4.81. The van der Waals surface area contributed by atoms with E-state index in [4.69, 9.17) is 0 Å². The van der Waals surface area contributed by atoms with Crippen LogP contribution in [0.4, 0.5) is 4.79 Å². The number of fused-ring (bicyclic) bond motifs is 1. The summed E-state index contributed by atoms with van der Waals surface area (Å²) in [4.78, 5) is 41.1. The third-order valence-electron chi connectivity index (χ3n) is 6.45. The number of benzene rings is 2. The standard InChI is InChI=1S/C23H27N3O3/c1-16(18-12-8-10-17-9-4-5-11-19(17)18)24-20(27)15-26-21(28)23(25(2)22(26)29)13-6-3-7-14-23/h4-5,8-12,16H,3,6-7,13-15H2,1-2H3,(H,24,27). The lowest BCUT2D eigenvalue weighted by Crippen LogP contribution is -2.49. The average molecular weight is 393 g/mol. The zero-order valence-corrected chi connectivity index (χ0v) is 17.0. The Morgan fingerprint density at radius 1 is 1.07 bits per heavy atom. The fraction of sp³-hybridized carbons (Fsp3) is 0.435. The van der Waals surface area contributed by atoms with Crippen molar-refractivity contribution in [2.24, 2.45) is 0 Å². The fourth-order valence-electron chi connectivity index (χ4n) is 4.81. The highest BCUT2D eigenvalue weighted by atomic mass is 16.2. The molecule has 152 valence electrons. The SMILES string of the molecule is CC(NC(=O)CN1C(=O)N(C)C2(CCCCC2)C1=O)c1cccc2ccccc12. The lowest BCUT2D eigenvalue weighted by Gasteiger charge is -2.35. The summed E-state index contributed by atoms with van der Waals surface area (Å²) >= 11 is 0. The van der Waals surface area contributed by atoms with Crippen molar-refractivity contribution in [2.45, 2.75) is 50.6 Å². The number of urea groups is 1. The third-order valence-corrected chi connectivity index (χ3v) is 6.45. The molecule has 6 heteroatoms. The second kappa shape index (κ2) is 7.50. The van der Waals surface area contributed by atoms with Gasteiger partial charge in [-0.15, -0.1) is 0 Å². The number of imide groups is 1.